The number of nitrogens with one attached hydrogen (secondary N) is 1. The van der Waals surface area contributed by atoms with E-state index < -0.39 is 0 Å². The van der Waals surface area contributed by atoms with Crippen LogP contribution in [0.1, 0.15) is 19.8 Å². The molecule has 0 saturated carbocycles. The monoisotopic (exact) mass is 259 g/mol. The second kappa shape index (κ2) is 6.54. The summed E-state index contributed by atoms with van der Waals surface area (Å²) >= 11 is 3.25. The molecule has 1 aromatic rings. The van der Waals surface area contributed by atoms with Crippen molar-refractivity contribution in [2.75, 3.05) is 19.8 Å². The molecule has 2 atom stereocenters. The first kappa shape index (κ1) is 12.3. The number of thioether (sulfide) groups is 1. The fourth-order valence-corrected chi connectivity index (χ4v) is 3.61. The van der Waals surface area contributed by atoms with Crippen LogP contribution < -0.4 is 5.32 Å². The molecule has 2 rings (SSSR count). The van der Waals surface area contributed by atoms with Crippen LogP contribution in [0.2, 0.25) is 0 Å². The second-order valence-corrected chi connectivity index (χ2v) is 6.05. The summed E-state index contributed by atoms with van der Waals surface area (Å²) < 4.78 is 10.6. The minimum atomic E-state index is 0.466. The van der Waals surface area contributed by atoms with E-state index >= 15 is 0 Å². The van der Waals surface area contributed by atoms with Gasteiger partial charge < -0.3 is 10.1 Å². The molecule has 0 radical (unpaired) electrons. The first-order valence-electron chi connectivity index (χ1n) is 5.64. The number of rotatable bonds is 5. The lowest BCUT2D eigenvalue weighted by atomic mass is 10.1. The molecule has 4 nitrogen and oxygen atoms in total. The highest BCUT2D eigenvalue weighted by atomic mass is 32.2. The first-order valence-corrected chi connectivity index (χ1v) is 7.30. The Morgan fingerprint density at radius 3 is 3.38 bits per heavy atom. The molecule has 0 spiro atoms. The summed E-state index contributed by atoms with van der Waals surface area (Å²) in [5.74, 6) is 0. The Kier molecular flexibility index (Phi) is 5.02. The molecule has 1 aliphatic heterocycles. The summed E-state index contributed by atoms with van der Waals surface area (Å²) in [5.41, 5.74) is 0. The van der Waals surface area contributed by atoms with Gasteiger partial charge in [0.2, 0.25) is 0 Å². The third-order valence-electron chi connectivity index (χ3n) is 2.55. The summed E-state index contributed by atoms with van der Waals surface area (Å²) in [6, 6.07) is 0.544. The van der Waals surface area contributed by atoms with E-state index in [1.165, 1.54) is 18.0 Å². The maximum Gasteiger partial charge on any atom is 0.170 e. The van der Waals surface area contributed by atoms with Crippen molar-refractivity contribution >= 4 is 23.3 Å². The lowest BCUT2D eigenvalue weighted by Crippen LogP contribution is -2.45. The normalized spacial score (nSPS) is 25.8. The Morgan fingerprint density at radius 1 is 1.69 bits per heavy atom. The Morgan fingerprint density at radius 2 is 2.62 bits per heavy atom. The minimum Gasteiger partial charge on any atom is -0.380 e. The zero-order chi connectivity index (χ0) is 11.2. The van der Waals surface area contributed by atoms with Crippen LogP contribution in [-0.2, 0) is 4.74 Å². The van der Waals surface area contributed by atoms with Gasteiger partial charge in [-0.2, -0.15) is 4.37 Å². The Labute approximate surface area is 104 Å². The molecule has 1 fully saturated rings. The quantitative estimate of drug-likeness (QED) is 0.873. The Hall–Kier alpha value is -0.170. The molecule has 0 amide bonds. The van der Waals surface area contributed by atoms with Crippen LogP contribution in [0.3, 0.4) is 0 Å². The van der Waals surface area contributed by atoms with Crippen molar-refractivity contribution in [2.24, 2.45) is 0 Å². The van der Waals surface area contributed by atoms with Crippen LogP contribution in [0, 0.1) is 0 Å². The van der Waals surface area contributed by atoms with Gasteiger partial charge in [-0.1, -0.05) is 18.7 Å². The third kappa shape index (κ3) is 3.41. The van der Waals surface area contributed by atoms with Crippen LogP contribution in [0.15, 0.2) is 10.7 Å². The third-order valence-corrected chi connectivity index (χ3v) is 4.60. The highest BCUT2D eigenvalue weighted by molar-refractivity contribution is 8.01. The molecule has 90 valence electrons. The molecule has 1 N–H and O–H groups in total. The van der Waals surface area contributed by atoms with Crippen molar-refractivity contribution in [2.45, 2.75) is 35.4 Å². The van der Waals surface area contributed by atoms with E-state index in [1.807, 2.05) is 0 Å². The van der Waals surface area contributed by atoms with Crippen molar-refractivity contribution in [3.05, 3.63) is 6.33 Å². The molecule has 0 bridgehead atoms. The summed E-state index contributed by atoms with van der Waals surface area (Å²) in [6.45, 7) is 4.96. The van der Waals surface area contributed by atoms with Gasteiger partial charge >= 0.3 is 0 Å². The number of nitrogens with zero attached hydrogens (tertiary/aromatic N) is 2. The van der Waals surface area contributed by atoms with E-state index in [0.717, 1.165) is 30.5 Å². The van der Waals surface area contributed by atoms with Gasteiger partial charge in [-0.3, -0.25) is 0 Å². The maximum atomic E-state index is 5.54. The zero-order valence-electron chi connectivity index (χ0n) is 9.39. The fraction of sp³-hybridized carbons (Fsp3) is 0.800. The van der Waals surface area contributed by atoms with E-state index in [4.69, 9.17) is 4.74 Å². The predicted octanol–water partition coefficient (Wildman–Crippen LogP) is 1.79. The van der Waals surface area contributed by atoms with Gasteiger partial charge in [0.05, 0.1) is 11.9 Å². The van der Waals surface area contributed by atoms with Crippen molar-refractivity contribution < 1.29 is 4.74 Å². The SMILES string of the molecule is CCCNC1CCOCC1Sc1ncns1. The summed E-state index contributed by atoms with van der Waals surface area (Å²) in [7, 11) is 0. The summed E-state index contributed by atoms with van der Waals surface area (Å²) in [4.78, 5) is 4.21. The van der Waals surface area contributed by atoms with Gasteiger partial charge in [-0.05, 0) is 30.9 Å². The Bertz CT molecular complexity index is 294. The highest BCUT2D eigenvalue weighted by Gasteiger charge is 2.26. The smallest absolute Gasteiger partial charge is 0.170 e. The van der Waals surface area contributed by atoms with Crippen LogP contribution in [0.25, 0.3) is 0 Å². The fourth-order valence-electron chi connectivity index (χ4n) is 1.74. The molecule has 2 unspecified atom stereocenters. The van der Waals surface area contributed by atoms with Crippen LogP contribution in [-0.4, -0.2) is 40.4 Å². The van der Waals surface area contributed by atoms with E-state index in [2.05, 4.69) is 21.6 Å². The van der Waals surface area contributed by atoms with E-state index in [-0.39, 0.29) is 0 Å². The topological polar surface area (TPSA) is 47.0 Å². The molecular weight excluding hydrogens is 242 g/mol. The molecule has 1 aromatic heterocycles. The number of ether oxygens (including phenoxy) is 1. The molecule has 1 aliphatic rings. The molecule has 6 heteroatoms. The van der Waals surface area contributed by atoms with Gasteiger partial charge in [-0.15, -0.1) is 0 Å². The van der Waals surface area contributed by atoms with Crippen molar-refractivity contribution in [1.82, 2.24) is 14.7 Å². The van der Waals surface area contributed by atoms with Gasteiger partial charge in [-0.25, -0.2) is 4.98 Å². The van der Waals surface area contributed by atoms with Gasteiger partial charge in [0.25, 0.3) is 0 Å². The number of hydrogen-bond acceptors (Lipinski definition) is 6. The molecule has 0 aromatic carbocycles. The van der Waals surface area contributed by atoms with Gasteiger partial charge in [0.1, 0.15) is 6.33 Å². The number of aromatic nitrogens is 2. The second-order valence-electron chi connectivity index (χ2n) is 3.79. The van der Waals surface area contributed by atoms with E-state index in [1.54, 1.807) is 18.1 Å². The highest BCUT2D eigenvalue weighted by Crippen LogP contribution is 2.29. The van der Waals surface area contributed by atoms with E-state index in [0.29, 0.717) is 11.3 Å². The van der Waals surface area contributed by atoms with Gasteiger partial charge in [0, 0.05) is 12.6 Å². The van der Waals surface area contributed by atoms with Crippen molar-refractivity contribution in [1.29, 1.82) is 0 Å². The molecule has 16 heavy (non-hydrogen) atoms. The van der Waals surface area contributed by atoms with Crippen LogP contribution >= 0.6 is 23.3 Å². The summed E-state index contributed by atoms with van der Waals surface area (Å²) in [5, 5.41) is 4.06. The lowest BCUT2D eigenvalue weighted by Gasteiger charge is -2.31. The lowest BCUT2D eigenvalue weighted by molar-refractivity contribution is 0.0833. The number of hydrogen-bond donors (Lipinski definition) is 1. The van der Waals surface area contributed by atoms with Crippen molar-refractivity contribution in [3.8, 4) is 0 Å². The van der Waals surface area contributed by atoms with Crippen LogP contribution in [0.5, 0.6) is 0 Å². The minimum absolute atomic E-state index is 0.466. The molecule has 2 heterocycles. The summed E-state index contributed by atoms with van der Waals surface area (Å²) in [6.07, 6.45) is 3.88. The molecular formula is C10H17N3OS2. The Balaban J connectivity index is 1.88. The predicted molar refractivity (Wildman–Crippen MR) is 67.1 cm³/mol. The van der Waals surface area contributed by atoms with Crippen molar-refractivity contribution in [3.63, 3.8) is 0 Å². The van der Waals surface area contributed by atoms with Crippen LogP contribution in [0.4, 0.5) is 0 Å². The standard InChI is InChI=1S/C10H17N3OS2/c1-2-4-11-8-3-5-14-6-9(8)15-10-12-7-13-16-10/h7-9,11H,2-6H2,1H3. The molecule has 1 saturated heterocycles. The molecule has 0 aliphatic carbocycles. The average Bonchev–Trinajstić information content (AvgIpc) is 2.81. The zero-order valence-corrected chi connectivity index (χ0v) is 11.0. The average molecular weight is 259 g/mol. The first-order chi connectivity index (χ1) is 7.90. The largest absolute Gasteiger partial charge is 0.380 e. The van der Waals surface area contributed by atoms with E-state index in [9.17, 15) is 0 Å². The maximum absolute atomic E-state index is 5.54. The van der Waals surface area contributed by atoms with Gasteiger partial charge in [0.15, 0.2) is 4.34 Å².